The third kappa shape index (κ3) is 3.96. The fourth-order valence-electron chi connectivity index (χ4n) is 4.14. The van der Waals surface area contributed by atoms with Crippen LogP contribution < -0.4 is 5.32 Å². The number of carbonyl (C=O) groups is 1. The van der Waals surface area contributed by atoms with Gasteiger partial charge in [-0.15, -0.1) is 0 Å². The van der Waals surface area contributed by atoms with E-state index in [1.807, 2.05) is 4.57 Å². The average Bonchev–Trinajstić information content (AvgIpc) is 3.45. The number of benzene rings is 2. The van der Waals surface area contributed by atoms with Crippen molar-refractivity contribution in [1.29, 1.82) is 0 Å². The van der Waals surface area contributed by atoms with E-state index in [4.69, 9.17) is 21.3 Å². The molecular formula is C23H21ClF2N4O2. The number of anilines is 2. The van der Waals surface area contributed by atoms with Gasteiger partial charge in [0.05, 0.1) is 11.6 Å². The first-order chi connectivity index (χ1) is 15.5. The van der Waals surface area contributed by atoms with Crippen LogP contribution in [0.25, 0.3) is 11.3 Å². The Balaban J connectivity index is 1.50. The van der Waals surface area contributed by atoms with Crippen LogP contribution in [0.5, 0.6) is 0 Å². The zero-order chi connectivity index (χ0) is 22.2. The predicted octanol–water partition coefficient (Wildman–Crippen LogP) is 4.75. The van der Waals surface area contributed by atoms with Crippen LogP contribution in [0.2, 0.25) is 5.02 Å². The predicted molar refractivity (Wildman–Crippen MR) is 117 cm³/mol. The molecule has 6 nitrogen and oxygen atoms in total. The summed E-state index contributed by atoms with van der Waals surface area (Å²) in [5.41, 5.74) is 1.82. The van der Waals surface area contributed by atoms with Crippen molar-refractivity contribution >= 4 is 29.0 Å². The maximum atomic E-state index is 14.0. The second kappa shape index (κ2) is 8.52. The number of carbonyl (C=O) groups excluding carboxylic acids is 1. The van der Waals surface area contributed by atoms with Crippen molar-refractivity contribution in [3.8, 4) is 11.3 Å². The molecule has 3 aromatic rings. The Hall–Kier alpha value is -2.97. The van der Waals surface area contributed by atoms with Crippen LogP contribution >= 0.6 is 11.6 Å². The first-order valence-corrected chi connectivity index (χ1v) is 10.9. The van der Waals surface area contributed by atoms with Gasteiger partial charge < -0.3 is 19.5 Å². The molecule has 3 heterocycles. The van der Waals surface area contributed by atoms with E-state index in [1.165, 1.54) is 24.3 Å². The van der Waals surface area contributed by atoms with Gasteiger partial charge in [0.25, 0.3) is 5.91 Å². The monoisotopic (exact) mass is 458 g/mol. The molecule has 32 heavy (non-hydrogen) atoms. The number of rotatable bonds is 4. The molecule has 1 N–H and O–H groups in total. The number of hydrogen-bond acceptors (Lipinski definition) is 4. The van der Waals surface area contributed by atoms with Crippen LogP contribution in [0, 0.1) is 11.6 Å². The Kier molecular flexibility index (Phi) is 5.57. The number of imidazole rings is 1. The topological polar surface area (TPSA) is 59.4 Å². The van der Waals surface area contributed by atoms with E-state index in [9.17, 15) is 13.6 Å². The Morgan fingerprint density at radius 2 is 1.97 bits per heavy atom. The molecule has 0 radical (unpaired) electrons. The SMILES string of the molecule is O=C([C@H]1CCCO1)N1CCn2c(nc(-c3ccc(F)cc3)c2Nc2ccc(Cl)c(F)c2)C1. The molecule has 1 amide bonds. The Morgan fingerprint density at radius 3 is 2.69 bits per heavy atom. The van der Waals surface area contributed by atoms with E-state index in [1.54, 1.807) is 23.1 Å². The summed E-state index contributed by atoms with van der Waals surface area (Å²) >= 11 is 5.82. The van der Waals surface area contributed by atoms with E-state index >= 15 is 0 Å². The molecule has 0 bridgehead atoms. The molecule has 1 fully saturated rings. The van der Waals surface area contributed by atoms with E-state index < -0.39 is 5.82 Å². The molecule has 0 aliphatic carbocycles. The highest BCUT2D eigenvalue weighted by Gasteiger charge is 2.32. The molecule has 0 unspecified atom stereocenters. The second-order valence-corrected chi connectivity index (χ2v) is 8.31. The quantitative estimate of drug-likeness (QED) is 0.613. The molecule has 2 aliphatic rings. The molecule has 5 rings (SSSR count). The van der Waals surface area contributed by atoms with E-state index in [2.05, 4.69) is 5.32 Å². The average molecular weight is 459 g/mol. The van der Waals surface area contributed by atoms with Gasteiger partial charge in [0.15, 0.2) is 0 Å². The molecule has 2 aliphatic heterocycles. The van der Waals surface area contributed by atoms with E-state index in [0.717, 1.165) is 12.8 Å². The highest BCUT2D eigenvalue weighted by molar-refractivity contribution is 6.30. The molecule has 9 heteroatoms. The number of ether oxygens (including phenoxy) is 1. The summed E-state index contributed by atoms with van der Waals surface area (Å²) in [5, 5.41) is 3.28. The van der Waals surface area contributed by atoms with Gasteiger partial charge in [0.2, 0.25) is 0 Å². The van der Waals surface area contributed by atoms with Crippen molar-refractivity contribution < 1.29 is 18.3 Å². The minimum Gasteiger partial charge on any atom is -0.368 e. The largest absolute Gasteiger partial charge is 0.368 e. The van der Waals surface area contributed by atoms with Crippen LogP contribution in [0.4, 0.5) is 20.3 Å². The fourth-order valence-corrected chi connectivity index (χ4v) is 4.26. The van der Waals surface area contributed by atoms with Crippen LogP contribution in [-0.2, 0) is 22.6 Å². The molecule has 166 valence electrons. The standard InChI is InChI=1S/C23H21ClF2N4O2/c24-17-8-7-16(12-18(17)26)27-22-21(14-3-5-15(25)6-4-14)28-20-13-29(9-10-30(20)22)23(31)19-2-1-11-32-19/h3-8,12,19,27H,1-2,9-11,13H2/t19-/m1/s1. The molecule has 2 aromatic carbocycles. The second-order valence-electron chi connectivity index (χ2n) is 7.90. The van der Waals surface area contributed by atoms with Gasteiger partial charge in [-0.3, -0.25) is 4.79 Å². The molecule has 1 saturated heterocycles. The Bertz CT molecular complexity index is 1160. The number of aromatic nitrogens is 2. The number of amides is 1. The molecule has 1 atom stereocenters. The maximum absolute atomic E-state index is 14.0. The summed E-state index contributed by atoms with van der Waals surface area (Å²) in [6.07, 6.45) is 1.24. The fraction of sp³-hybridized carbons (Fsp3) is 0.304. The van der Waals surface area contributed by atoms with Crippen molar-refractivity contribution in [1.82, 2.24) is 14.5 Å². The van der Waals surface area contributed by atoms with Crippen molar-refractivity contribution in [2.45, 2.75) is 32.0 Å². The highest BCUT2D eigenvalue weighted by atomic mass is 35.5. The lowest BCUT2D eigenvalue weighted by atomic mass is 10.1. The summed E-state index contributed by atoms with van der Waals surface area (Å²) in [7, 11) is 0. The third-order valence-electron chi connectivity index (χ3n) is 5.79. The lowest BCUT2D eigenvalue weighted by Gasteiger charge is -2.30. The van der Waals surface area contributed by atoms with E-state index in [-0.39, 0.29) is 22.9 Å². The summed E-state index contributed by atoms with van der Waals surface area (Å²) < 4.78 is 35.0. The number of halogens is 3. The number of nitrogens with one attached hydrogen (secondary N) is 1. The maximum Gasteiger partial charge on any atom is 0.252 e. The normalized spacial score (nSPS) is 18.0. The van der Waals surface area contributed by atoms with Crippen LogP contribution in [0.1, 0.15) is 18.7 Å². The van der Waals surface area contributed by atoms with Gasteiger partial charge >= 0.3 is 0 Å². The molecular weight excluding hydrogens is 438 g/mol. The number of fused-ring (bicyclic) bond motifs is 1. The van der Waals surface area contributed by atoms with E-state index in [0.29, 0.717) is 54.8 Å². The lowest BCUT2D eigenvalue weighted by molar-refractivity contribution is -0.142. The number of hydrogen-bond donors (Lipinski definition) is 1. The highest BCUT2D eigenvalue weighted by Crippen LogP contribution is 2.34. The van der Waals surface area contributed by atoms with Gasteiger partial charge in [-0.2, -0.15) is 0 Å². The molecule has 1 aromatic heterocycles. The van der Waals surface area contributed by atoms with Crippen LogP contribution in [0.3, 0.4) is 0 Å². The zero-order valence-electron chi connectivity index (χ0n) is 17.2. The van der Waals surface area contributed by atoms with Crippen LogP contribution in [0.15, 0.2) is 42.5 Å². The first kappa shape index (κ1) is 20.9. The molecule has 0 spiro atoms. The number of nitrogens with zero attached hydrogens (tertiary/aromatic N) is 3. The minimum absolute atomic E-state index is 0.0191. The lowest BCUT2D eigenvalue weighted by Crippen LogP contribution is -2.43. The summed E-state index contributed by atoms with van der Waals surface area (Å²) in [5.74, 6) is 0.442. The van der Waals surface area contributed by atoms with Gasteiger partial charge in [-0.25, -0.2) is 13.8 Å². The first-order valence-electron chi connectivity index (χ1n) is 10.5. The summed E-state index contributed by atoms with van der Waals surface area (Å²) in [6.45, 7) is 1.97. The van der Waals surface area contributed by atoms with Crippen molar-refractivity contribution in [3.63, 3.8) is 0 Å². The third-order valence-corrected chi connectivity index (χ3v) is 6.10. The van der Waals surface area contributed by atoms with Crippen molar-refractivity contribution in [2.24, 2.45) is 0 Å². The minimum atomic E-state index is -0.535. The summed E-state index contributed by atoms with van der Waals surface area (Å²) in [6, 6.07) is 10.5. The van der Waals surface area contributed by atoms with Crippen molar-refractivity contribution in [2.75, 3.05) is 18.5 Å². The van der Waals surface area contributed by atoms with Gasteiger partial charge in [-0.1, -0.05) is 11.6 Å². The Labute approximate surface area is 188 Å². The van der Waals surface area contributed by atoms with Gasteiger partial charge in [-0.05, 0) is 55.3 Å². The zero-order valence-corrected chi connectivity index (χ0v) is 17.9. The van der Waals surface area contributed by atoms with Crippen LogP contribution in [-0.4, -0.2) is 39.6 Å². The molecule has 0 saturated carbocycles. The van der Waals surface area contributed by atoms with Gasteiger partial charge in [0.1, 0.15) is 35.1 Å². The smallest absolute Gasteiger partial charge is 0.252 e. The Morgan fingerprint density at radius 1 is 1.16 bits per heavy atom. The van der Waals surface area contributed by atoms with Gasteiger partial charge in [0, 0.05) is 30.9 Å². The van der Waals surface area contributed by atoms with Crippen molar-refractivity contribution in [3.05, 3.63) is 64.9 Å². The summed E-state index contributed by atoms with van der Waals surface area (Å²) in [4.78, 5) is 19.4.